The molecule has 0 N–H and O–H groups in total. The Morgan fingerprint density at radius 3 is 1.14 bits per heavy atom. The third-order valence-corrected chi connectivity index (χ3v) is 5.54. The van der Waals surface area contributed by atoms with Crippen molar-refractivity contribution in [2.45, 2.75) is 61.8 Å². The van der Waals surface area contributed by atoms with Crippen molar-refractivity contribution < 1.29 is 51.0 Å². The summed E-state index contributed by atoms with van der Waals surface area (Å²) in [5.74, 6) is 0. The van der Waals surface area contributed by atoms with Crippen molar-refractivity contribution >= 4 is 0 Å². The molecule has 0 radical (unpaired) electrons. The second-order valence-corrected chi connectivity index (χ2v) is 6.84. The molecule has 3 heteroatoms. The van der Waals surface area contributed by atoms with Crippen molar-refractivity contribution in [1.29, 1.82) is 0 Å². The molecule has 0 fully saturated rings. The standard InChI is InChI=1S/C19H26.2ClH.Zr/c1-12-9-18(7,16(5)14(12)3)11-19(8)10-13(2)15(4)17(19)6;;;/h11H2,1-8H3;2*1H;/q-2;;;+4/p-2. The van der Waals surface area contributed by atoms with Gasteiger partial charge in [0.25, 0.3) is 0 Å². The maximum Gasteiger partial charge on any atom is 4.00 e. The van der Waals surface area contributed by atoms with E-state index in [0.29, 0.717) is 0 Å². The normalized spacial score (nSPS) is 30.4. The van der Waals surface area contributed by atoms with Crippen molar-refractivity contribution in [3.05, 3.63) is 45.6 Å². The van der Waals surface area contributed by atoms with Crippen LogP contribution in [0, 0.1) is 23.0 Å². The molecule has 2 aliphatic rings. The summed E-state index contributed by atoms with van der Waals surface area (Å²) in [6, 6.07) is 0. The molecule has 2 unspecified atom stereocenters. The molecule has 0 saturated carbocycles. The fourth-order valence-electron chi connectivity index (χ4n) is 3.65. The van der Waals surface area contributed by atoms with Crippen molar-refractivity contribution in [2.24, 2.45) is 10.8 Å². The Bertz CT molecular complexity index is 516. The first-order chi connectivity index (χ1) is 8.61. The molecular formula is C19H26Cl2Zr. The van der Waals surface area contributed by atoms with E-state index < -0.39 is 0 Å². The third kappa shape index (κ3) is 3.90. The summed E-state index contributed by atoms with van der Waals surface area (Å²) in [5, 5.41) is 0. The molecule has 2 aliphatic carbocycles. The van der Waals surface area contributed by atoms with E-state index in [1.807, 2.05) is 0 Å². The first-order valence-corrected chi connectivity index (χ1v) is 7.21. The molecule has 120 valence electrons. The molecule has 0 spiro atoms. The van der Waals surface area contributed by atoms with Crippen LogP contribution in [0.3, 0.4) is 0 Å². The van der Waals surface area contributed by atoms with Crippen LogP contribution >= 0.6 is 0 Å². The summed E-state index contributed by atoms with van der Waals surface area (Å²) in [6.07, 6.45) is 8.48. The number of hydrogen-bond donors (Lipinski definition) is 0. The maximum absolute atomic E-state index is 3.70. The average molecular weight is 417 g/mol. The van der Waals surface area contributed by atoms with E-state index in [9.17, 15) is 0 Å². The fourth-order valence-corrected chi connectivity index (χ4v) is 3.65. The second kappa shape index (κ2) is 8.00. The Morgan fingerprint density at radius 1 is 0.682 bits per heavy atom. The third-order valence-electron chi connectivity index (χ3n) is 5.54. The molecule has 0 aromatic heterocycles. The van der Waals surface area contributed by atoms with Crippen molar-refractivity contribution in [3.8, 4) is 0 Å². The van der Waals surface area contributed by atoms with Gasteiger partial charge in [-0.2, -0.15) is 22.3 Å². The summed E-state index contributed by atoms with van der Waals surface area (Å²) < 4.78 is 0. The predicted molar refractivity (Wildman–Crippen MR) is 82.4 cm³/mol. The quantitative estimate of drug-likeness (QED) is 0.538. The van der Waals surface area contributed by atoms with Crippen LogP contribution in [0.2, 0.25) is 0 Å². The topological polar surface area (TPSA) is 0 Å². The maximum atomic E-state index is 3.70. The van der Waals surface area contributed by atoms with Gasteiger partial charge in [-0.3, -0.25) is 12.2 Å². The molecule has 0 amide bonds. The van der Waals surface area contributed by atoms with E-state index in [2.05, 4.69) is 67.5 Å². The summed E-state index contributed by atoms with van der Waals surface area (Å²) >= 11 is 0. The van der Waals surface area contributed by atoms with Crippen LogP contribution in [0.5, 0.6) is 0 Å². The molecule has 22 heavy (non-hydrogen) atoms. The predicted octanol–water partition coefficient (Wildman–Crippen LogP) is -0.406. The molecule has 0 aromatic rings. The summed E-state index contributed by atoms with van der Waals surface area (Å²) in [5.41, 5.74) is 8.54. The van der Waals surface area contributed by atoms with Gasteiger partial charge < -0.3 is 24.8 Å². The Balaban J connectivity index is 0. The van der Waals surface area contributed by atoms with Crippen molar-refractivity contribution in [2.75, 3.05) is 0 Å². The van der Waals surface area contributed by atoms with E-state index in [4.69, 9.17) is 0 Å². The zero-order valence-electron chi connectivity index (χ0n) is 15.0. The van der Waals surface area contributed by atoms with E-state index in [1.54, 1.807) is 0 Å². The number of hydrogen-bond acceptors (Lipinski definition) is 0. The Kier molecular flexibility index (Phi) is 8.97. The molecule has 0 nitrogen and oxygen atoms in total. The van der Waals surface area contributed by atoms with Gasteiger partial charge in [-0.05, 0) is 0 Å². The minimum atomic E-state index is 0. The van der Waals surface area contributed by atoms with Crippen molar-refractivity contribution in [1.82, 2.24) is 0 Å². The largest absolute Gasteiger partial charge is 4.00 e. The monoisotopic (exact) mass is 414 g/mol. The van der Waals surface area contributed by atoms with E-state index >= 15 is 0 Å². The smallest absolute Gasteiger partial charge is 1.00 e. The van der Waals surface area contributed by atoms with E-state index in [-0.39, 0.29) is 61.8 Å². The molecule has 0 aliphatic heterocycles. The van der Waals surface area contributed by atoms with Gasteiger partial charge in [0.2, 0.25) is 0 Å². The Labute approximate surface area is 168 Å². The van der Waals surface area contributed by atoms with E-state index in [0.717, 1.165) is 6.42 Å². The molecule has 2 atom stereocenters. The van der Waals surface area contributed by atoms with Gasteiger partial charge >= 0.3 is 26.2 Å². The molecular weight excluding hydrogens is 390 g/mol. The zero-order valence-corrected chi connectivity index (χ0v) is 18.9. The second-order valence-electron chi connectivity index (χ2n) is 6.84. The Hall–Kier alpha value is 0.423. The van der Waals surface area contributed by atoms with Gasteiger partial charge in [0, 0.05) is 0 Å². The van der Waals surface area contributed by atoms with Gasteiger partial charge in [0.15, 0.2) is 0 Å². The molecule has 2 rings (SSSR count). The van der Waals surface area contributed by atoms with E-state index in [1.165, 1.54) is 33.4 Å². The van der Waals surface area contributed by atoms with Gasteiger partial charge in [-0.25, -0.2) is 11.1 Å². The summed E-state index contributed by atoms with van der Waals surface area (Å²) in [6.45, 7) is 18.0. The van der Waals surface area contributed by atoms with Gasteiger partial charge in [-0.1, -0.05) is 58.8 Å². The number of allylic oxidation sites excluding steroid dienone is 8. The van der Waals surface area contributed by atoms with Crippen LogP contribution in [-0.4, -0.2) is 0 Å². The average Bonchev–Trinajstić information content (AvgIpc) is 2.61. The first kappa shape index (κ1) is 24.7. The fraction of sp³-hybridized carbons (Fsp3) is 0.579. The minimum Gasteiger partial charge on any atom is -1.00 e. The van der Waals surface area contributed by atoms with Crippen LogP contribution < -0.4 is 24.8 Å². The van der Waals surface area contributed by atoms with Gasteiger partial charge in [0.05, 0.1) is 0 Å². The van der Waals surface area contributed by atoms with Crippen LogP contribution in [0.4, 0.5) is 0 Å². The summed E-state index contributed by atoms with van der Waals surface area (Å²) in [4.78, 5) is 0. The number of rotatable bonds is 2. The van der Waals surface area contributed by atoms with Crippen LogP contribution in [0.25, 0.3) is 0 Å². The molecule has 0 heterocycles. The molecule has 0 saturated heterocycles. The minimum absolute atomic E-state index is 0. The van der Waals surface area contributed by atoms with Crippen LogP contribution in [0.1, 0.15) is 61.8 Å². The Morgan fingerprint density at radius 2 is 0.955 bits per heavy atom. The van der Waals surface area contributed by atoms with Gasteiger partial charge in [-0.15, -0.1) is 13.8 Å². The zero-order chi connectivity index (χ0) is 14.6. The molecule has 0 aromatic carbocycles. The number of halogens is 2. The van der Waals surface area contributed by atoms with Crippen molar-refractivity contribution in [3.63, 3.8) is 0 Å². The summed E-state index contributed by atoms with van der Waals surface area (Å²) in [7, 11) is 0. The SMILES string of the molecule is CC1=[C-]C(C)(CC2(C)[C-]=C(C)C(C)=C2C)C(C)=C1C.[Cl-].[Cl-].[Zr+4]. The first-order valence-electron chi connectivity index (χ1n) is 7.21. The van der Waals surface area contributed by atoms with Gasteiger partial charge in [0.1, 0.15) is 0 Å². The van der Waals surface area contributed by atoms with Crippen LogP contribution in [0.15, 0.2) is 33.4 Å². The molecule has 0 bridgehead atoms. The van der Waals surface area contributed by atoms with Crippen LogP contribution in [-0.2, 0) is 26.2 Å².